The van der Waals surface area contributed by atoms with Gasteiger partial charge in [-0.1, -0.05) is 23.7 Å². The van der Waals surface area contributed by atoms with Crippen LogP contribution in [0.25, 0.3) is 0 Å². The molecule has 0 saturated carbocycles. The summed E-state index contributed by atoms with van der Waals surface area (Å²) in [7, 11) is 0. The highest BCUT2D eigenvalue weighted by Crippen LogP contribution is 2.14. The summed E-state index contributed by atoms with van der Waals surface area (Å²) >= 11 is 8.13. The molecule has 0 atom stereocenters. The Bertz CT molecular complexity index is 708. The number of halogens is 2. The topological polar surface area (TPSA) is 36.4 Å². The highest BCUT2D eigenvalue weighted by molar-refractivity contribution is 14.1. The van der Waals surface area contributed by atoms with Crippen molar-refractivity contribution >= 4 is 40.1 Å². The number of hydrogen-bond acceptors (Lipinski definition) is 3. The summed E-state index contributed by atoms with van der Waals surface area (Å²) in [6, 6.07) is 12.0. The van der Waals surface area contributed by atoms with Crippen LogP contribution in [0.4, 0.5) is 0 Å². The molecule has 1 fully saturated rings. The largest absolute Gasteiger partial charge is 0.337 e. The fourth-order valence-electron chi connectivity index (χ4n) is 2.91. The van der Waals surface area contributed by atoms with Gasteiger partial charge in [0.05, 0.1) is 5.56 Å². The number of carbonyl (C=O) groups is 1. The molecule has 1 aliphatic heterocycles. The van der Waals surface area contributed by atoms with Crippen molar-refractivity contribution in [3.63, 3.8) is 0 Å². The molecule has 1 aromatic carbocycles. The number of nitrogens with zero attached hydrogens (tertiary/aromatic N) is 3. The monoisotopic (exact) mass is 455 g/mol. The second kappa shape index (κ2) is 8.27. The first kappa shape index (κ1) is 17.6. The molecule has 0 bridgehead atoms. The zero-order valence-electron chi connectivity index (χ0n) is 13.3. The second-order valence-corrected chi connectivity index (χ2v) is 7.55. The van der Waals surface area contributed by atoms with Crippen LogP contribution < -0.4 is 0 Å². The zero-order chi connectivity index (χ0) is 16.9. The van der Waals surface area contributed by atoms with Gasteiger partial charge in [0, 0.05) is 42.5 Å². The van der Waals surface area contributed by atoms with Gasteiger partial charge in [-0.05, 0) is 58.8 Å². The predicted octanol–water partition coefficient (Wildman–Crippen LogP) is 3.69. The maximum absolute atomic E-state index is 12.6. The van der Waals surface area contributed by atoms with Gasteiger partial charge < -0.3 is 4.90 Å². The number of rotatable bonds is 3. The Kier molecular flexibility index (Phi) is 6.08. The number of hydrogen-bond donors (Lipinski definition) is 0. The van der Waals surface area contributed by atoms with E-state index in [-0.39, 0.29) is 5.91 Å². The molecule has 0 radical (unpaired) electrons. The SMILES string of the molecule is O=C(c1ccc(Cl)nc1)N1CCCN(Cc2cccc(I)c2)CC1. The van der Waals surface area contributed by atoms with Crippen molar-refractivity contribution in [2.45, 2.75) is 13.0 Å². The molecule has 4 nitrogen and oxygen atoms in total. The summed E-state index contributed by atoms with van der Waals surface area (Å²) in [5.41, 5.74) is 1.93. The molecule has 0 unspecified atom stereocenters. The van der Waals surface area contributed by atoms with Gasteiger partial charge in [0.2, 0.25) is 0 Å². The van der Waals surface area contributed by atoms with E-state index in [0.717, 1.165) is 39.1 Å². The van der Waals surface area contributed by atoms with Crippen molar-refractivity contribution in [1.82, 2.24) is 14.8 Å². The van der Waals surface area contributed by atoms with Gasteiger partial charge in [-0.3, -0.25) is 9.69 Å². The first-order chi connectivity index (χ1) is 11.6. The van der Waals surface area contributed by atoms with Crippen molar-refractivity contribution in [3.8, 4) is 0 Å². The van der Waals surface area contributed by atoms with Crippen molar-refractivity contribution in [2.75, 3.05) is 26.2 Å². The van der Waals surface area contributed by atoms with Crippen molar-refractivity contribution in [3.05, 3.63) is 62.4 Å². The van der Waals surface area contributed by atoms with E-state index in [1.807, 2.05) is 4.90 Å². The van der Waals surface area contributed by atoms with Crippen LogP contribution in [-0.4, -0.2) is 46.9 Å². The minimum absolute atomic E-state index is 0.0373. The summed E-state index contributed by atoms with van der Waals surface area (Å²) in [4.78, 5) is 20.9. The summed E-state index contributed by atoms with van der Waals surface area (Å²) in [6.07, 6.45) is 2.54. The maximum Gasteiger partial charge on any atom is 0.255 e. The third-order valence-electron chi connectivity index (χ3n) is 4.15. The summed E-state index contributed by atoms with van der Waals surface area (Å²) in [5, 5.41) is 0.408. The lowest BCUT2D eigenvalue weighted by Crippen LogP contribution is -2.35. The van der Waals surface area contributed by atoms with Gasteiger partial charge >= 0.3 is 0 Å². The predicted molar refractivity (Wildman–Crippen MR) is 104 cm³/mol. The number of amides is 1. The third-order valence-corrected chi connectivity index (χ3v) is 5.04. The fourth-order valence-corrected chi connectivity index (χ4v) is 3.63. The van der Waals surface area contributed by atoms with Crippen LogP contribution in [0.5, 0.6) is 0 Å². The molecular formula is C18H19ClIN3O. The summed E-state index contributed by atoms with van der Waals surface area (Å²) in [6.45, 7) is 4.35. The number of carbonyl (C=O) groups excluding carboxylic acids is 1. The van der Waals surface area contributed by atoms with E-state index in [1.54, 1.807) is 18.3 Å². The molecule has 126 valence electrons. The lowest BCUT2D eigenvalue weighted by Gasteiger charge is -2.22. The van der Waals surface area contributed by atoms with Crippen LogP contribution in [-0.2, 0) is 6.54 Å². The first-order valence-corrected chi connectivity index (χ1v) is 9.45. The zero-order valence-corrected chi connectivity index (χ0v) is 16.2. The van der Waals surface area contributed by atoms with E-state index in [4.69, 9.17) is 11.6 Å². The van der Waals surface area contributed by atoms with Gasteiger partial charge in [0.1, 0.15) is 5.15 Å². The van der Waals surface area contributed by atoms with E-state index in [9.17, 15) is 4.79 Å². The summed E-state index contributed by atoms with van der Waals surface area (Å²) in [5.74, 6) is 0.0373. The van der Waals surface area contributed by atoms with E-state index in [0.29, 0.717) is 10.7 Å². The molecule has 24 heavy (non-hydrogen) atoms. The smallest absolute Gasteiger partial charge is 0.255 e. The van der Waals surface area contributed by atoms with Gasteiger partial charge in [-0.25, -0.2) is 4.98 Å². The van der Waals surface area contributed by atoms with Crippen LogP contribution in [0.15, 0.2) is 42.6 Å². The Hall–Kier alpha value is -1.18. The Labute approximate surface area is 161 Å². The molecular weight excluding hydrogens is 437 g/mol. The molecule has 6 heteroatoms. The van der Waals surface area contributed by atoms with E-state index in [1.165, 1.54) is 9.13 Å². The minimum atomic E-state index is 0.0373. The van der Waals surface area contributed by atoms with Gasteiger partial charge in [0.15, 0.2) is 0 Å². The Morgan fingerprint density at radius 3 is 2.79 bits per heavy atom. The second-order valence-electron chi connectivity index (χ2n) is 5.92. The summed E-state index contributed by atoms with van der Waals surface area (Å²) < 4.78 is 1.26. The molecule has 0 aliphatic carbocycles. The normalized spacial score (nSPS) is 16.0. The Morgan fingerprint density at radius 1 is 1.17 bits per heavy atom. The lowest BCUT2D eigenvalue weighted by molar-refractivity contribution is 0.0760. The molecule has 0 spiro atoms. The van der Waals surface area contributed by atoms with Crippen molar-refractivity contribution in [1.29, 1.82) is 0 Å². The Morgan fingerprint density at radius 2 is 2.04 bits per heavy atom. The van der Waals surface area contributed by atoms with Gasteiger partial charge in [0.25, 0.3) is 5.91 Å². The molecule has 1 saturated heterocycles. The van der Waals surface area contributed by atoms with E-state index >= 15 is 0 Å². The minimum Gasteiger partial charge on any atom is -0.337 e. The number of pyridine rings is 1. The van der Waals surface area contributed by atoms with Crippen LogP contribution in [0.3, 0.4) is 0 Å². The highest BCUT2D eigenvalue weighted by Gasteiger charge is 2.20. The van der Waals surface area contributed by atoms with Crippen LogP contribution in [0, 0.1) is 3.57 Å². The molecule has 3 rings (SSSR count). The molecule has 1 aliphatic rings. The van der Waals surface area contributed by atoms with Crippen LogP contribution in [0.1, 0.15) is 22.3 Å². The van der Waals surface area contributed by atoms with Gasteiger partial charge in [-0.15, -0.1) is 0 Å². The van der Waals surface area contributed by atoms with Crippen LogP contribution >= 0.6 is 34.2 Å². The van der Waals surface area contributed by atoms with E-state index in [2.05, 4.69) is 56.7 Å². The third kappa shape index (κ3) is 4.68. The fraction of sp³-hybridized carbons (Fsp3) is 0.333. The number of benzene rings is 1. The molecule has 2 heterocycles. The molecule has 0 N–H and O–H groups in total. The molecule has 1 amide bonds. The van der Waals surface area contributed by atoms with Gasteiger partial charge in [-0.2, -0.15) is 0 Å². The average Bonchev–Trinajstić information content (AvgIpc) is 2.81. The Balaban J connectivity index is 1.60. The quantitative estimate of drug-likeness (QED) is 0.523. The van der Waals surface area contributed by atoms with Crippen molar-refractivity contribution in [2.24, 2.45) is 0 Å². The maximum atomic E-state index is 12.6. The first-order valence-electron chi connectivity index (χ1n) is 7.99. The molecule has 1 aromatic heterocycles. The van der Waals surface area contributed by atoms with Crippen LogP contribution in [0.2, 0.25) is 5.15 Å². The number of aromatic nitrogens is 1. The van der Waals surface area contributed by atoms with E-state index < -0.39 is 0 Å². The molecule has 2 aromatic rings. The average molecular weight is 456 g/mol. The standard InChI is InChI=1S/C18H19ClIN3O/c19-17-6-5-15(12-21-17)18(24)23-8-2-7-22(9-10-23)13-14-3-1-4-16(20)11-14/h1,3-6,11-12H,2,7-10,13H2. The lowest BCUT2D eigenvalue weighted by atomic mass is 10.2. The van der Waals surface area contributed by atoms with Crippen molar-refractivity contribution < 1.29 is 4.79 Å². The highest BCUT2D eigenvalue weighted by atomic mass is 127.